The van der Waals surface area contributed by atoms with Crippen LogP contribution in [-0.2, 0) is 12.0 Å². The van der Waals surface area contributed by atoms with Crippen LogP contribution in [0, 0.1) is 0 Å². The molecule has 1 saturated carbocycles. The summed E-state index contributed by atoms with van der Waals surface area (Å²) in [6, 6.07) is 29.3. The highest BCUT2D eigenvalue weighted by Gasteiger charge is 2.49. The Kier molecular flexibility index (Phi) is 5.79. The Hall–Kier alpha value is -2.99. The van der Waals surface area contributed by atoms with Gasteiger partial charge in [-0.3, -0.25) is 0 Å². The Balaban J connectivity index is 1.40. The van der Waals surface area contributed by atoms with Gasteiger partial charge in [0.15, 0.2) is 5.13 Å². The van der Waals surface area contributed by atoms with Crippen molar-refractivity contribution in [1.82, 2.24) is 4.98 Å². The number of benzene rings is 3. The molecule has 0 bridgehead atoms. The molecular formula is C28H29N3OS. The number of thiazole rings is 1. The lowest BCUT2D eigenvalue weighted by atomic mass is 9.63. The molecule has 0 unspecified atom stereocenters. The first kappa shape index (κ1) is 21.8. The third kappa shape index (κ3) is 4.71. The molecule has 0 spiro atoms. The second kappa shape index (κ2) is 8.75. The summed E-state index contributed by atoms with van der Waals surface area (Å²) in [7, 11) is 0. The van der Waals surface area contributed by atoms with Crippen LogP contribution in [0.4, 0.5) is 5.13 Å². The van der Waals surface area contributed by atoms with Crippen LogP contribution in [0.5, 0.6) is 0 Å². The lowest BCUT2D eigenvalue weighted by molar-refractivity contribution is -0.0738. The maximum Gasteiger partial charge on any atom is 0.183 e. The normalized spacial score (nSPS) is 22.0. The molecule has 1 aliphatic rings. The fourth-order valence-corrected chi connectivity index (χ4v) is 5.83. The van der Waals surface area contributed by atoms with Crippen molar-refractivity contribution >= 4 is 16.5 Å². The summed E-state index contributed by atoms with van der Waals surface area (Å²) < 4.78 is 0. The van der Waals surface area contributed by atoms with Gasteiger partial charge in [0.2, 0.25) is 0 Å². The largest absolute Gasteiger partial charge is 0.390 e. The number of nitrogens with one attached hydrogen (secondary N) is 1. The summed E-state index contributed by atoms with van der Waals surface area (Å²) in [4.78, 5) is 6.13. The number of hydrogen-bond acceptors (Lipinski definition) is 5. The second-order valence-electron chi connectivity index (χ2n) is 9.31. The van der Waals surface area contributed by atoms with Crippen molar-refractivity contribution in [3.8, 4) is 21.7 Å². The maximum atomic E-state index is 10.2. The molecular weight excluding hydrogens is 426 g/mol. The lowest BCUT2D eigenvalue weighted by Crippen LogP contribution is -2.58. The van der Waals surface area contributed by atoms with Crippen molar-refractivity contribution in [2.24, 2.45) is 5.73 Å². The zero-order valence-electron chi connectivity index (χ0n) is 18.8. The van der Waals surface area contributed by atoms with E-state index in [-0.39, 0.29) is 0 Å². The van der Waals surface area contributed by atoms with Crippen molar-refractivity contribution in [3.05, 3.63) is 96.1 Å². The highest BCUT2D eigenvalue weighted by atomic mass is 32.1. The van der Waals surface area contributed by atoms with E-state index in [9.17, 15) is 5.11 Å². The summed E-state index contributed by atoms with van der Waals surface area (Å²) in [5, 5.41) is 14.6. The highest BCUT2D eigenvalue weighted by Crippen LogP contribution is 2.47. The van der Waals surface area contributed by atoms with Crippen molar-refractivity contribution < 1.29 is 5.11 Å². The van der Waals surface area contributed by atoms with Crippen LogP contribution in [0.3, 0.4) is 0 Å². The smallest absolute Gasteiger partial charge is 0.183 e. The molecule has 4 nitrogen and oxygen atoms in total. The zero-order valence-corrected chi connectivity index (χ0v) is 19.6. The van der Waals surface area contributed by atoms with Crippen LogP contribution >= 0.6 is 11.3 Å². The monoisotopic (exact) mass is 455 g/mol. The Labute approximate surface area is 199 Å². The fraction of sp³-hybridized carbons (Fsp3) is 0.250. The molecule has 1 fully saturated rings. The first-order chi connectivity index (χ1) is 15.9. The Morgan fingerprint density at radius 3 is 2.18 bits per heavy atom. The molecule has 0 amide bonds. The van der Waals surface area contributed by atoms with E-state index in [0.29, 0.717) is 12.8 Å². The Morgan fingerprint density at radius 2 is 1.55 bits per heavy atom. The van der Waals surface area contributed by atoms with Gasteiger partial charge in [0.1, 0.15) is 0 Å². The van der Waals surface area contributed by atoms with Crippen molar-refractivity contribution in [1.29, 1.82) is 0 Å². The molecule has 168 valence electrons. The van der Waals surface area contributed by atoms with Gasteiger partial charge < -0.3 is 16.2 Å². The summed E-state index contributed by atoms with van der Waals surface area (Å²) in [6.45, 7) is 2.68. The minimum Gasteiger partial charge on any atom is -0.390 e. The Morgan fingerprint density at radius 1 is 0.909 bits per heavy atom. The molecule has 33 heavy (non-hydrogen) atoms. The van der Waals surface area contributed by atoms with Crippen LogP contribution in [0.1, 0.15) is 30.9 Å². The topological polar surface area (TPSA) is 71.2 Å². The number of aliphatic hydroxyl groups is 1. The molecule has 1 heterocycles. The summed E-state index contributed by atoms with van der Waals surface area (Å²) in [5.41, 5.74) is 11.0. The van der Waals surface area contributed by atoms with E-state index in [1.165, 1.54) is 5.56 Å². The zero-order chi connectivity index (χ0) is 22.9. The SMILES string of the molecule is C[C@]1(O)C[C@](N)(c2ccc(-c3nc(NCCc4ccccc4)sc3-c3ccccc3)cc2)C1. The van der Waals surface area contributed by atoms with E-state index >= 15 is 0 Å². The molecule has 1 aromatic heterocycles. The molecule has 0 aliphatic heterocycles. The van der Waals surface area contributed by atoms with Crippen molar-refractivity contribution in [2.75, 3.05) is 11.9 Å². The number of nitrogens with zero attached hydrogens (tertiary/aromatic N) is 1. The summed E-state index contributed by atoms with van der Waals surface area (Å²) >= 11 is 1.69. The van der Waals surface area contributed by atoms with E-state index in [1.54, 1.807) is 11.3 Å². The van der Waals surface area contributed by atoms with Crippen LogP contribution in [0.25, 0.3) is 21.7 Å². The Bertz CT molecular complexity index is 1210. The first-order valence-corrected chi connectivity index (χ1v) is 12.2. The standard InChI is InChI=1S/C28H29N3OS/c1-27(32)18-28(29,19-27)23-14-12-21(13-15-23)24-25(22-10-6-3-7-11-22)33-26(31-24)30-17-16-20-8-4-2-5-9-20/h2-15,32H,16-19,29H2,1H3,(H,30,31)/t27-,28+. The lowest BCUT2D eigenvalue weighted by Gasteiger charge is -2.49. The molecule has 0 radical (unpaired) electrons. The highest BCUT2D eigenvalue weighted by molar-refractivity contribution is 7.19. The van der Waals surface area contributed by atoms with Crippen LogP contribution in [-0.4, -0.2) is 22.2 Å². The summed E-state index contributed by atoms with van der Waals surface area (Å²) in [6.07, 6.45) is 2.12. The average Bonchev–Trinajstić information content (AvgIpc) is 3.23. The van der Waals surface area contributed by atoms with Gasteiger partial charge in [0.25, 0.3) is 0 Å². The van der Waals surface area contributed by atoms with Crippen LogP contribution in [0.2, 0.25) is 0 Å². The molecule has 0 atom stereocenters. The van der Waals surface area contributed by atoms with Gasteiger partial charge in [0, 0.05) is 17.6 Å². The second-order valence-corrected chi connectivity index (χ2v) is 10.3. The minimum atomic E-state index is -0.664. The van der Waals surface area contributed by atoms with Crippen LogP contribution < -0.4 is 11.1 Å². The van der Waals surface area contributed by atoms with Gasteiger partial charge in [-0.25, -0.2) is 4.98 Å². The number of nitrogens with two attached hydrogens (primary N) is 1. The van der Waals surface area contributed by atoms with Crippen LogP contribution in [0.15, 0.2) is 84.9 Å². The molecule has 5 rings (SSSR count). The number of rotatable bonds is 7. The van der Waals surface area contributed by atoms with E-state index in [1.807, 2.05) is 19.1 Å². The molecule has 4 N–H and O–H groups in total. The van der Waals surface area contributed by atoms with Gasteiger partial charge in [-0.15, -0.1) is 0 Å². The van der Waals surface area contributed by atoms with Gasteiger partial charge in [-0.1, -0.05) is 96.3 Å². The molecule has 0 saturated heterocycles. The molecule has 5 heteroatoms. The number of hydrogen-bond donors (Lipinski definition) is 3. The third-order valence-corrected chi connectivity index (χ3v) is 7.38. The van der Waals surface area contributed by atoms with Gasteiger partial charge in [-0.2, -0.15) is 0 Å². The van der Waals surface area contributed by atoms with Crippen molar-refractivity contribution in [2.45, 2.75) is 37.3 Å². The predicted octanol–water partition coefficient (Wildman–Crippen LogP) is 5.83. The van der Waals surface area contributed by atoms with Crippen molar-refractivity contribution in [3.63, 3.8) is 0 Å². The number of anilines is 1. The van der Waals surface area contributed by atoms with E-state index < -0.39 is 11.1 Å². The molecule has 4 aromatic rings. The first-order valence-electron chi connectivity index (χ1n) is 11.4. The molecule has 1 aliphatic carbocycles. The third-order valence-electron chi connectivity index (χ3n) is 6.32. The fourth-order valence-electron chi connectivity index (χ4n) is 4.81. The van der Waals surface area contributed by atoms with Gasteiger partial charge >= 0.3 is 0 Å². The predicted molar refractivity (Wildman–Crippen MR) is 137 cm³/mol. The van der Waals surface area contributed by atoms with Gasteiger partial charge in [-0.05, 0) is 42.9 Å². The van der Waals surface area contributed by atoms with E-state index in [2.05, 4.69) is 78.1 Å². The molecule has 3 aromatic carbocycles. The quantitative estimate of drug-likeness (QED) is 0.328. The minimum absolute atomic E-state index is 0.448. The van der Waals surface area contributed by atoms with Gasteiger partial charge in [0.05, 0.1) is 16.2 Å². The number of aromatic nitrogens is 1. The van der Waals surface area contributed by atoms with E-state index in [0.717, 1.165) is 45.4 Å². The average molecular weight is 456 g/mol. The van der Waals surface area contributed by atoms with E-state index in [4.69, 9.17) is 10.7 Å². The summed E-state index contributed by atoms with van der Waals surface area (Å²) in [5.74, 6) is 0. The maximum absolute atomic E-state index is 10.2.